The van der Waals surface area contributed by atoms with Crippen molar-refractivity contribution in [1.82, 2.24) is 5.32 Å². The molecule has 1 nitrogen and oxygen atoms in total. The van der Waals surface area contributed by atoms with Gasteiger partial charge in [0.05, 0.1) is 0 Å². The number of halogens is 1. The number of piperidine rings is 1. The molecule has 0 spiro atoms. The van der Waals surface area contributed by atoms with Crippen LogP contribution in [0.1, 0.15) is 43.6 Å². The molecule has 2 unspecified atom stereocenters. The van der Waals surface area contributed by atoms with Crippen LogP contribution in [-0.4, -0.2) is 13.1 Å². The van der Waals surface area contributed by atoms with Gasteiger partial charge in [0.15, 0.2) is 0 Å². The molecule has 2 fully saturated rings. The summed E-state index contributed by atoms with van der Waals surface area (Å²) in [4.78, 5) is 0. The van der Waals surface area contributed by atoms with Crippen LogP contribution >= 0.6 is 11.6 Å². The minimum atomic E-state index is 0.669. The zero-order chi connectivity index (χ0) is 12.4. The number of benzene rings is 1. The van der Waals surface area contributed by atoms with Crippen LogP contribution in [0.15, 0.2) is 24.3 Å². The Labute approximate surface area is 115 Å². The number of nitrogens with one attached hydrogen (secondary N) is 1. The molecule has 2 heteroatoms. The fourth-order valence-electron chi connectivity index (χ4n) is 3.93. The van der Waals surface area contributed by atoms with Crippen molar-refractivity contribution in [2.75, 3.05) is 13.1 Å². The van der Waals surface area contributed by atoms with Gasteiger partial charge in [-0.15, -0.1) is 0 Å². The van der Waals surface area contributed by atoms with Crippen LogP contribution in [0.25, 0.3) is 0 Å². The Kier molecular flexibility index (Phi) is 3.91. The van der Waals surface area contributed by atoms with E-state index in [0.717, 1.165) is 23.4 Å². The van der Waals surface area contributed by atoms with Crippen LogP contribution in [0.5, 0.6) is 0 Å². The highest BCUT2D eigenvalue weighted by atomic mass is 35.5. The highest BCUT2D eigenvalue weighted by Crippen LogP contribution is 2.43. The minimum Gasteiger partial charge on any atom is -0.316 e. The molecule has 1 aliphatic carbocycles. The van der Waals surface area contributed by atoms with Crippen molar-refractivity contribution >= 4 is 11.6 Å². The average molecular weight is 264 g/mol. The van der Waals surface area contributed by atoms with E-state index < -0.39 is 0 Å². The Hall–Kier alpha value is -0.530. The van der Waals surface area contributed by atoms with Crippen molar-refractivity contribution in [2.45, 2.75) is 38.0 Å². The third-order valence-electron chi connectivity index (χ3n) is 4.84. The van der Waals surface area contributed by atoms with Gasteiger partial charge < -0.3 is 5.32 Å². The summed E-state index contributed by atoms with van der Waals surface area (Å²) >= 11 is 6.41. The minimum absolute atomic E-state index is 0.669. The van der Waals surface area contributed by atoms with E-state index in [0.29, 0.717) is 5.92 Å². The predicted octanol–water partition coefficient (Wildman–Crippen LogP) is 4.22. The van der Waals surface area contributed by atoms with Crippen molar-refractivity contribution in [3.63, 3.8) is 0 Å². The van der Waals surface area contributed by atoms with Gasteiger partial charge in [0, 0.05) is 5.02 Å². The molecule has 1 heterocycles. The lowest BCUT2D eigenvalue weighted by Crippen LogP contribution is -2.38. The quantitative estimate of drug-likeness (QED) is 0.842. The number of rotatable bonds is 2. The normalized spacial score (nSPS) is 29.6. The van der Waals surface area contributed by atoms with Gasteiger partial charge in [-0.05, 0) is 48.9 Å². The Morgan fingerprint density at radius 2 is 1.83 bits per heavy atom. The molecule has 0 radical (unpaired) electrons. The predicted molar refractivity (Wildman–Crippen MR) is 77.1 cm³/mol. The van der Waals surface area contributed by atoms with Crippen molar-refractivity contribution < 1.29 is 0 Å². The fourth-order valence-corrected chi connectivity index (χ4v) is 4.20. The number of hydrogen-bond acceptors (Lipinski definition) is 1. The van der Waals surface area contributed by atoms with Crippen LogP contribution < -0.4 is 5.32 Å². The van der Waals surface area contributed by atoms with Gasteiger partial charge in [-0.3, -0.25) is 0 Å². The molecule has 3 rings (SSSR count). The summed E-state index contributed by atoms with van der Waals surface area (Å²) in [6.45, 7) is 2.32. The van der Waals surface area contributed by atoms with E-state index in [9.17, 15) is 0 Å². The monoisotopic (exact) mass is 263 g/mol. The Morgan fingerprint density at radius 3 is 2.61 bits per heavy atom. The van der Waals surface area contributed by atoms with Gasteiger partial charge in [0.1, 0.15) is 0 Å². The van der Waals surface area contributed by atoms with Gasteiger partial charge in [-0.25, -0.2) is 0 Å². The number of hydrogen-bond donors (Lipinski definition) is 1. The molecule has 18 heavy (non-hydrogen) atoms. The fraction of sp³-hybridized carbons (Fsp3) is 0.625. The molecular formula is C16H22ClN. The molecule has 98 valence electrons. The molecular weight excluding hydrogens is 242 g/mol. The summed E-state index contributed by atoms with van der Waals surface area (Å²) in [6.07, 6.45) is 6.94. The molecule has 0 amide bonds. The molecule has 1 N–H and O–H groups in total. The van der Waals surface area contributed by atoms with E-state index in [1.807, 2.05) is 12.1 Å². The van der Waals surface area contributed by atoms with Gasteiger partial charge in [0.25, 0.3) is 0 Å². The van der Waals surface area contributed by atoms with Gasteiger partial charge in [-0.1, -0.05) is 55.5 Å². The first kappa shape index (κ1) is 12.5. The first-order valence-corrected chi connectivity index (χ1v) is 7.69. The summed E-state index contributed by atoms with van der Waals surface area (Å²) in [7, 11) is 0. The molecule has 1 aromatic carbocycles. The van der Waals surface area contributed by atoms with Crippen LogP contribution in [0.4, 0.5) is 0 Å². The first-order valence-electron chi connectivity index (χ1n) is 7.31. The standard InChI is InChI=1S/C16H22ClN/c17-16-8-4-3-7-14(16)13-9-10-18-11-15(13)12-5-1-2-6-12/h3-4,7-8,12-13,15,18H,1-2,5-6,9-11H2. The third kappa shape index (κ3) is 2.44. The molecule has 1 aromatic rings. The van der Waals surface area contributed by atoms with E-state index >= 15 is 0 Å². The van der Waals surface area contributed by atoms with Gasteiger partial charge >= 0.3 is 0 Å². The van der Waals surface area contributed by atoms with Gasteiger partial charge in [0.2, 0.25) is 0 Å². The van der Waals surface area contributed by atoms with E-state index in [4.69, 9.17) is 11.6 Å². The maximum absolute atomic E-state index is 6.41. The summed E-state index contributed by atoms with van der Waals surface area (Å²) in [5, 5.41) is 4.55. The van der Waals surface area contributed by atoms with Crippen molar-refractivity contribution in [1.29, 1.82) is 0 Å². The van der Waals surface area contributed by atoms with Crippen molar-refractivity contribution in [3.05, 3.63) is 34.9 Å². The van der Waals surface area contributed by atoms with Crippen LogP contribution in [-0.2, 0) is 0 Å². The molecule has 1 saturated heterocycles. The zero-order valence-electron chi connectivity index (χ0n) is 10.9. The summed E-state index contributed by atoms with van der Waals surface area (Å²) in [6, 6.07) is 8.46. The van der Waals surface area contributed by atoms with E-state index in [1.165, 1.54) is 44.2 Å². The lowest BCUT2D eigenvalue weighted by molar-refractivity contribution is 0.231. The van der Waals surface area contributed by atoms with Crippen LogP contribution in [0, 0.1) is 11.8 Å². The third-order valence-corrected chi connectivity index (χ3v) is 5.18. The maximum atomic E-state index is 6.41. The summed E-state index contributed by atoms with van der Waals surface area (Å²) in [5.41, 5.74) is 1.39. The molecule has 1 saturated carbocycles. The first-order chi connectivity index (χ1) is 8.86. The van der Waals surface area contributed by atoms with Gasteiger partial charge in [-0.2, -0.15) is 0 Å². The largest absolute Gasteiger partial charge is 0.316 e. The average Bonchev–Trinajstić information content (AvgIpc) is 2.93. The smallest absolute Gasteiger partial charge is 0.0440 e. The zero-order valence-corrected chi connectivity index (χ0v) is 11.6. The summed E-state index contributed by atoms with van der Waals surface area (Å²) < 4.78 is 0. The topological polar surface area (TPSA) is 12.0 Å². The van der Waals surface area contributed by atoms with E-state index in [-0.39, 0.29) is 0 Å². The second kappa shape index (κ2) is 5.63. The lowest BCUT2D eigenvalue weighted by Gasteiger charge is -2.37. The molecule has 0 bridgehead atoms. The summed E-state index contributed by atoms with van der Waals surface area (Å²) in [5.74, 6) is 2.38. The Bertz CT molecular complexity index is 398. The van der Waals surface area contributed by atoms with Crippen molar-refractivity contribution in [2.24, 2.45) is 11.8 Å². The van der Waals surface area contributed by atoms with Crippen LogP contribution in [0.3, 0.4) is 0 Å². The second-order valence-corrected chi connectivity index (χ2v) is 6.24. The molecule has 1 aliphatic heterocycles. The van der Waals surface area contributed by atoms with Crippen LogP contribution in [0.2, 0.25) is 5.02 Å². The SMILES string of the molecule is Clc1ccccc1C1CCNCC1C1CCCC1. The molecule has 2 aliphatic rings. The lowest BCUT2D eigenvalue weighted by atomic mass is 9.73. The van der Waals surface area contributed by atoms with E-state index in [1.54, 1.807) is 0 Å². The second-order valence-electron chi connectivity index (χ2n) is 5.83. The highest BCUT2D eigenvalue weighted by Gasteiger charge is 2.34. The van der Waals surface area contributed by atoms with Crippen molar-refractivity contribution in [3.8, 4) is 0 Å². The Morgan fingerprint density at radius 1 is 1.06 bits per heavy atom. The molecule has 0 aromatic heterocycles. The maximum Gasteiger partial charge on any atom is 0.0440 e. The van der Waals surface area contributed by atoms with E-state index in [2.05, 4.69) is 17.4 Å². The molecule has 2 atom stereocenters. The highest BCUT2D eigenvalue weighted by molar-refractivity contribution is 6.31. The Balaban J connectivity index is 1.85.